The maximum absolute atomic E-state index is 12.0. The molecule has 0 aliphatic heterocycles. The Bertz CT molecular complexity index is 833. The zero-order chi connectivity index (χ0) is 15.5. The minimum absolute atomic E-state index is 0.0229. The zero-order valence-electron chi connectivity index (χ0n) is 12.1. The predicted octanol–water partition coefficient (Wildman–Crippen LogP) is 2.92. The molecule has 1 atom stereocenters. The van der Waals surface area contributed by atoms with Gasteiger partial charge >= 0.3 is 5.76 Å². The molecule has 1 N–H and O–H groups in total. The second kappa shape index (κ2) is 6.19. The number of oxazole rings is 1. The van der Waals surface area contributed by atoms with E-state index in [-0.39, 0.29) is 18.4 Å². The molecule has 0 saturated heterocycles. The number of rotatable bonds is 5. The van der Waals surface area contributed by atoms with Gasteiger partial charge in [0.25, 0.3) is 0 Å². The van der Waals surface area contributed by atoms with Crippen molar-refractivity contribution in [2.75, 3.05) is 0 Å². The number of nitrogens with zero attached hydrogens (tertiary/aromatic N) is 1. The second-order valence-corrected chi connectivity index (χ2v) is 6.02. The van der Waals surface area contributed by atoms with Crippen LogP contribution in [-0.2, 0) is 11.3 Å². The number of hydrogen-bond donors (Lipinski definition) is 1. The molecule has 2 heterocycles. The lowest BCUT2D eigenvalue weighted by Crippen LogP contribution is -2.28. The summed E-state index contributed by atoms with van der Waals surface area (Å²) in [7, 11) is 0. The van der Waals surface area contributed by atoms with Crippen molar-refractivity contribution in [2.24, 2.45) is 0 Å². The highest BCUT2D eigenvalue weighted by Crippen LogP contribution is 2.18. The third kappa shape index (κ3) is 2.96. The Morgan fingerprint density at radius 2 is 2.14 bits per heavy atom. The number of amides is 1. The standard InChI is InChI=1S/C16H16N2O3S/c1-11(14-7-4-10-22-14)17-15(19)8-9-18-12-5-2-3-6-13(12)21-16(18)20/h2-7,10-11H,8-9H2,1H3,(H,17,19)/t11-/m1/s1. The maximum atomic E-state index is 12.0. The Morgan fingerprint density at radius 1 is 1.32 bits per heavy atom. The number of carbonyl (C=O) groups is 1. The van der Waals surface area contributed by atoms with Crippen LogP contribution in [0.4, 0.5) is 0 Å². The molecule has 0 unspecified atom stereocenters. The Labute approximate surface area is 131 Å². The lowest BCUT2D eigenvalue weighted by molar-refractivity contribution is -0.121. The lowest BCUT2D eigenvalue weighted by Gasteiger charge is -2.12. The van der Waals surface area contributed by atoms with Crippen molar-refractivity contribution < 1.29 is 9.21 Å². The molecule has 2 aromatic heterocycles. The molecule has 1 aromatic carbocycles. The number of thiophene rings is 1. The molecule has 22 heavy (non-hydrogen) atoms. The number of benzene rings is 1. The van der Waals surface area contributed by atoms with Crippen molar-refractivity contribution in [2.45, 2.75) is 25.9 Å². The van der Waals surface area contributed by atoms with E-state index in [1.54, 1.807) is 17.4 Å². The maximum Gasteiger partial charge on any atom is 0.419 e. The van der Waals surface area contributed by atoms with Gasteiger partial charge in [0.05, 0.1) is 11.6 Å². The quantitative estimate of drug-likeness (QED) is 0.787. The number of carbonyl (C=O) groups excluding carboxylic acids is 1. The van der Waals surface area contributed by atoms with E-state index in [1.807, 2.05) is 42.6 Å². The van der Waals surface area contributed by atoms with E-state index >= 15 is 0 Å². The van der Waals surface area contributed by atoms with E-state index in [9.17, 15) is 9.59 Å². The molecule has 0 bridgehead atoms. The summed E-state index contributed by atoms with van der Waals surface area (Å²) in [5, 5.41) is 4.92. The van der Waals surface area contributed by atoms with E-state index in [0.29, 0.717) is 17.6 Å². The van der Waals surface area contributed by atoms with Gasteiger partial charge in [-0.1, -0.05) is 18.2 Å². The van der Waals surface area contributed by atoms with Crippen LogP contribution in [0, 0.1) is 0 Å². The number of para-hydroxylation sites is 2. The van der Waals surface area contributed by atoms with Crippen LogP contribution in [0.2, 0.25) is 0 Å². The molecule has 6 heteroatoms. The molecular weight excluding hydrogens is 300 g/mol. The van der Waals surface area contributed by atoms with Crippen LogP contribution < -0.4 is 11.1 Å². The molecule has 3 aromatic rings. The van der Waals surface area contributed by atoms with Gasteiger partial charge in [-0.2, -0.15) is 0 Å². The van der Waals surface area contributed by atoms with Gasteiger partial charge in [0, 0.05) is 17.8 Å². The van der Waals surface area contributed by atoms with Gasteiger partial charge in [-0.25, -0.2) is 4.79 Å². The van der Waals surface area contributed by atoms with Gasteiger partial charge in [0.1, 0.15) is 0 Å². The lowest BCUT2D eigenvalue weighted by atomic mass is 10.2. The monoisotopic (exact) mass is 316 g/mol. The van der Waals surface area contributed by atoms with Crippen molar-refractivity contribution in [3.8, 4) is 0 Å². The Kier molecular flexibility index (Phi) is 4.11. The van der Waals surface area contributed by atoms with Crippen LogP contribution >= 0.6 is 11.3 Å². The summed E-state index contributed by atoms with van der Waals surface area (Å²) in [5.74, 6) is -0.515. The molecule has 3 rings (SSSR count). The highest BCUT2D eigenvalue weighted by atomic mass is 32.1. The molecular formula is C16H16N2O3S. The first kappa shape index (κ1) is 14.6. The highest BCUT2D eigenvalue weighted by molar-refractivity contribution is 7.10. The summed E-state index contributed by atoms with van der Waals surface area (Å²) in [6.07, 6.45) is 0.235. The third-order valence-corrected chi connectivity index (χ3v) is 4.54. The number of fused-ring (bicyclic) bond motifs is 1. The average molecular weight is 316 g/mol. The Morgan fingerprint density at radius 3 is 2.91 bits per heavy atom. The van der Waals surface area contributed by atoms with E-state index in [4.69, 9.17) is 4.42 Å². The van der Waals surface area contributed by atoms with Crippen molar-refractivity contribution >= 4 is 28.3 Å². The van der Waals surface area contributed by atoms with Crippen molar-refractivity contribution in [3.05, 3.63) is 57.2 Å². The fraction of sp³-hybridized carbons (Fsp3) is 0.250. The SMILES string of the molecule is C[C@@H](NC(=O)CCn1c(=O)oc2ccccc21)c1cccs1. The highest BCUT2D eigenvalue weighted by Gasteiger charge is 2.13. The Hall–Kier alpha value is -2.34. The summed E-state index contributed by atoms with van der Waals surface area (Å²) >= 11 is 1.61. The molecule has 0 aliphatic carbocycles. The second-order valence-electron chi connectivity index (χ2n) is 5.04. The number of aromatic nitrogens is 1. The number of aryl methyl sites for hydroxylation is 1. The topological polar surface area (TPSA) is 64.2 Å². The van der Waals surface area contributed by atoms with Crippen LogP contribution in [0.25, 0.3) is 11.1 Å². The van der Waals surface area contributed by atoms with E-state index in [1.165, 1.54) is 4.57 Å². The minimum atomic E-state index is -0.430. The fourth-order valence-corrected chi connectivity index (χ4v) is 3.10. The minimum Gasteiger partial charge on any atom is -0.408 e. The fourth-order valence-electron chi connectivity index (χ4n) is 2.36. The molecule has 5 nitrogen and oxygen atoms in total. The first-order valence-electron chi connectivity index (χ1n) is 7.06. The van der Waals surface area contributed by atoms with Crippen LogP contribution in [-0.4, -0.2) is 10.5 Å². The molecule has 0 fully saturated rings. The van der Waals surface area contributed by atoms with Gasteiger partial charge < -0.3 is 9.73 Å². The summed E-state index contributed by atoms with van der Waals surface area (Å²) in [6.45, 7) is 2.25. The first-order valence-corrected chi connectivity index (χ1v) is 7.94. The summed E-state index contributed by atoms with van der Waals surface area (Å²) in [4.78, 5) is 25.0. The van der Waals surface area contributed by atoms with E-state index in [2.05, 4.69) is 5.32 Å². The van der Waals surface area contributed by atoms with Gasteiger partial charge in [0.2, 0.25) is 5.91 Å². The molecule has 114 valence electrons. The molecule has 0 radical (unpaired) electrons. The van der Waals surface area contributed by atoms with E-state index < -0.39 is 5.76 Å². The number of nitrogens with one attached hydrogen (secondary N) is 1. The van der Waals surface area contributed by atoms with Gasteiger partial charge in [-0.05, 0) is 30.5 Å². The van der Waals surface area contributed by atoms with Crippen molar-refractivity contribution in [3.63, 3.8) is 0 Å². The molecule has 0 saturated carbocycles. The van der Waals surface area contributed by atoms with Crippen LogP contribution in [0.3, 0.4) is 0 Å². The van der Waals surface area contributed by atoms with Crippen LogP contribution in [0.15, 0.2) is 51.0 Å². The normalized spacial score (nSPS) is 12.4. The summed E-state index contributed by atoms with van der Waals surface area (Å²) in [5.41, 5.74) is 1.26. The zero-order valence-corrected chi connectivity index (χ0v) is 12.9. The van der Waals surface area contributed by atoms with E-state index in [0.717, 1.165) is 4.88 Å². The Balaban J connectivity index is 1.65. The first-order chi connectivity index (χ1) is 10.6. The van der Waals surface area contributed by atoms with Gasteiger partial charge in [-0.3, -0.25) is 9.36 Å². The van der Waals surface area contributed by atoms with Gasteiger partial charge in [0.15, 0.2) is 5.58 Å². The number of hydrogen-bond acceptors (Lipinski definition) is 4. The van der Waals surface area contributed by atoms with Crippen LogP contribution in [0.5, 0.6) is 0 Å². The summed E-state index contributed by atoms with van der Waals surface area (Å²) in [6, 6.07) is 11.1. The average Bonchev–Trinajstić information content (AvgIpc) is 3.12. The van der Waals surface area contributed by atoms with Crippen LogP contribution in [0.1, 0.15) is 24.3 Å². The molecule has 1 amide bonds. The largest absolute Gasteiger partial charge is 0.419 e. The summed E-state index contributed by atoms with van der Waals surface area (Å²) < 4.78 is 6.64. The van der Waals surface area contributed by atoms with Gasteiger partial charge in [-0.15, -0.1) is 11.3 Å². The van der Waals surface area contributed by atoms with Crippen molar-refractivity contribution in [1.29, 1.82) is 0 Å². The molecule has 0 aliphatic rings. The smallest absolute Gasteiger partial charge is 0.408 e. The predicted molar refractivity (Wildman–Crippen MR) is 86.0 cm³/mol. The molecule has 0 spiro atoms. The third-order valence-electron chi connectivity index (χ3n) is 3.48. The van der Waals surface area contributed by atoms with Crippen molar-refractivity contribution in [1.82, 2.24) is 9.88 Å².